The highest BCUT2D eigenvalue weighted by Gasteiger charge is 2.08. The van der Waals surface area contributed by atoms with Crippen molar-refractivity contribution in [3.63, 3.8) is 0 Å². The fourth-order valence-corrected chi connectivity index (χ4v) is 2.16. The number of hydrogen-bond donors (Lipinski definition) is 2. The molecule has 2 N–H and O–H groups in total. The smallest absolute Gasteiger partial charge is 0.307 e. The lowest BCUT2D eigenvalue weighted by molar-refractivity contribution is 0.262. The van der Waals surface area contributed by atoms with Crippen LogP contribution in [0.3, 0.4) is 0 Å². The Morgan fingerprint density at radius 2 is 1.65 bits per heavy atom. The molecule has 0 aliphatic heterocycles. The molecule has 104 valence electrons. The predicted molar refractivity (Wildman–Crippen MR) is 85.0 cm³/mol. The van der Waals surface area contributed by atoms with Gasteiger partial charge in [0.1, 0.15) is 0 Å². The molecule has 0 aromatic heterocycles. The van der Waals surface area contributed by atoms with Crippen molar-refractivity contribution in [3.05, 3.63) is 57.6 Å². The topological polar surface area (TPSA) is 41.1 Å². The number of halogens is 2. The fraction of sp³-hybridized carbons (Fsp3) is 0.133. The zero-order chi connectivity index (χ0) is 14.7. The second-order valence-corrected chi connectivity index (χ2v) is 5.37. The molecule has 20 heavy (non-hydrogen) atoms. The van der Waals surface area contributed by atoms with E-state index >= 15 is 0 Å². The van der Waals surface area contributed by atoms with Gasteiger partial charge >= 0.3 is 6.03 Å². The molecule has 0 unspecified atom stereocenters. The Morgan fingerprint density at radius 3 is 2.35 bits per heavy atom. The number of hydrogen-bond acceptors (Lipinski definition) is 1. The summed E-state index contributed by atoms with van der Waals surface area (Å²) in [5, 5.41) is 6.40. The highest BCUT2D eigenvalue weighted by Crippen LogP contribution is 2.25. The molecule has 0 aliphatic rings. The van der Waals surface area contributed by atoms with E-state index in [4.69, 9.17) is 23.2 Å². The molecule has 0 radical (unpaired) electrons. The van der Waals surface area contributed by atoms with Crippen LogP contribution in [-0.4, -0.2) is 6.03 Å². The summed E-state index contributed by atoms with van der Waals surface area (Å²) in [5.74, 6) is 0. The second kappa shape index (κ2) is 6.16. The lowest BCUT2D eigenvalue weighted by Crippen LogP contribution is -2.20. The molecule has 0 aliphatic carbocycles. The van der Waals surface area contributed by atoms with Crippen LogP contribution in [0.25, 0.3) is 0 Å². The number of rotatable bonds is 2. The van der Waals surface area contributed by atoms with Gasteiger partial charge in [0, 0.05) is 10.7 Å². The van der Waals surface area contributed by atoms with Gasteiger partial charge in [-0.25, -0.2) is 4.79 Å². The first kappa shape index (κ1) is 14.7. The van der Waals surface area contributed by atoms with Gasteiger partial charge in [-0.1, -0.05) is 40.9 Å². The summed E-state index contributed by atoms with van der Waals surface area (Å²) in [6.45, 7) is 3.94. The van der Waals surface area contributed by atoms with E-state index in [0.29, 0.717) is 15.7 Å². The van der Waals surface area contributed by atoms with Crippen molar-refractivity contribution in [2.75, 3.05) is 10.6 Å². The van der Waals surface area contributed by atoms with Gasteiger partial charge in [0.25, 0.3) is 0 Å². The van der Waals surface area contributed by atoms with Gasteiger partial charge in [-0.3, -0.25) is 0 Å². The van der Waals surface area contributed by atoms with E-state index in [-0.39, 0.29) is 6.03 Å². The Bertz CT molecular complexity index is 656. The maximum Gasteiger partial charge on any atom is 0.323 e. The van der Waals surface area contributed by atoms with Crippen LogP contribution in [0.1, 0.15) is 11.1 Å². The van der Waals surface area contributed by atoms with Crippen LogP contribution in [0.2, 0.25) is 10.0 Å². The molecule has 0 atom stereocenters. The summed E-state index contributed by atoms with van der Waals surface area (Å²) in [7, 11) is 0. The van der Waals surface area contributed by atoms with Gasteiger partial charge in [-0.15, -0.1) is 0 Å². The average Bonchev–Trinajstić information content (AvgIpc) is 2.37. The summed E-state index contributed by atoms with van der Waals surface area (Å²) < 4.78 is 0. The lowest BCUT2D eigenvalue weighted by Gasteiger charge is -2.11. The van der Waals surface area contributed by atoms with Crippen LogP contribution >= 0.6 is 23.2 Å². The second-order valence-electron chi connectivity index (χ2n) is 4.52. The maximum atomic E-state index is 12.0. The van der Waals surface area contributed by atoms with Crippen molar-refractivity contribution >= 4 is 40.6 Å². The van der Waals surface area contributed by atoms with Crippen molar-refractivity contribution < 1.29 is 4.79 Å². The number of carbonyl (C=O) groups excluding carboxylic acids is 1. The first-order chi connectivity index (χ1) is 9.45. The van der Waals surface area contributed by atoms with E-state index in [1.54, 1.807) is 18.2 Å². The minimum atomic E-state index is -0.360. The number of urea groups is 1. The highest BCUT2D eigenvalue weighted by atomic mass is 35.5. The van der Waals surface area contributed by atoms with E-state index in [1.165, 1.54) is 0 Å². The van der Waals surface area contributed by atoms with Gasteiger partial charge < -0.3 is 10.6 Å². The molecule has 2 rings (SSSR count). The number of carbonyl (C=O) groups is 1. The zero-order valence-corrected chi connectivity index (χ0v) is 12.6. The normalized spacial score (nSPS) is 10.2. The summed E-state index contributed by atoms with van der Waals surface area (Å²) in [5.41, 5.74) is 3.37. The average molecular weight is 309 g/mol. The minimum Gasteiger partial charge on any atom is -0.307 e. The third kappa shape index (κ3) is 3.65. The third-order valence-corrected chi connectivity index (χ3v) is 3.37. The van der Waals surface area contributed by atoms with Crippen LogP contribution in [0, 0.1) is 13.8 Å². The molecule has 0 fully saturated rings. The Kier molecular flexibility index (Phi) is 4.53. The molecule has 0 saturated heterocycles. The summed E-state index contributed by atoms with van der Waals surface area (Å²) in [6.07, 6.45) is 0. The van der Waals surface area contributed by atoms with E-state index in [0.717, 1.165) is 16.8 Å². The largest absolute Gasteiger partial charge is 0.323 e. The summed E-state index contributed by atoms with van der Waals surface area (Å²) in [6, 6.07) is 10.3. The molecule has 3 nitrogen and oxygen atoms in total. The summed E-state index contributed by atoms with van der Waals surface area (Å²) >= 11 is 11.9. The molecular formula is C15H14Cl2N2O. The van der Waals surface area contributed by atoms with Crippen molar-refractivity contribution in [2.45, 2.75) is 13.8 Å². The number of benzene rings is 2. The molecule has 0 bridgehead atoms. The number of amides is 2. The SMILES string of the molecule is Cc1ccc(NC(=O)Nc2cc(Cl)ccc2Cl)c(C)c1. The molecule has 0 saturated carbocycles. The molecular weight excluding hydrogens is 295 g/mol. The van der Waals surface area contributed by atoms with Crippen molar-refractivity contribution in [1.82, 2.24) is 0 Å². The molecule has 2 aromatic carbocycles. The summed E-state index contributed by atoms with van der Waals surface area (Å²) in [4.78, 5) is 12.0. The highest BCUT2D eigenvalue weighted by molar-refractivity contribution is 6.35. The van der Waals surface area contributed by atoms with Crippen molar-refractivity contribution in [2.24, 2.45) is 0 Å². The van der Waals surface area contributed by atoms with Crippen LogP contribution < -0.4 is 10.6 Å². The van der Waals surface area contributed by atoms with E-state index < -0.39 is 0 Å². The van der Waals surface area contributed by atoms with Crippen molar-refractivity contribution in [3.8, 4) is 0 Å². The zero-order valence-electron chi connectivity index (χ0n) is 11.1. The number of anilines is 2. The Morgan fingerprint density at radius 1 is 0.950 bits per heavy atom. The molecule has 0 heterocycles. The molecule has 2 aromatic rings. The Labute approximate surface area is 127 Å². The molecule has 5 heteroatoms. The van der Waals surface area contributed by atoms with Crippen LogP contribution in [-0.2, 0) is 0 Å². The van der Waals surface area contributed by atoms with Gasteiger partial charge in [-0.05, 0) is 43.7 Å². The standard InChI is InChI=1S/C15H14Cl2N2O/c1-9-3-6-13(10(2)7-9)18-15(20)19-14-8-11(16)4-5-12(14)17/h3-8H,1-2H3,(H2,18,19,20). The lowest BCUT2D eigenvalue weighted by atomic mass is 10.1. The molecule has 0 spiro atoms. The maximum absolute atomic E-state index is 12.0. The van der Waals surface area contributed by atoms with E-state index in [1.807, 2.05) is 32.0 Å². The third-order valence-electron chi connectivity index (χ3n) is 2.81. The monoisotopic (exact) mass is 308 g/mol. The predicted octanol–water partition coefficient (Wildman–Crippen LogP) is 5.25. The first-order valence-electron chi connectivity index (χ1n) is 6.06. The van der Waals surface area contributed by atoms with Gasteiger partial charge in [0.2, 0.25) is 0 Å². The Balaban J connectivity index is 2.11. The number of aryl methyl sites for hydroxylation is 2. The van der Waals surface area contributed by atoms with Crippen LogP contribution in [0.15, 0.2) is 36.4 Å². The fourth-order valence-electron chi connectivity index (χ4n) is 1.82. The molecule has 2 amide bonds. The van der Waals surface area contributed by atoms with E-state index in [2.05, 4.69) is 10.6 Å². The minimum absolute atomic E-state index is 0.360. The van der Waals surface area contributed by atoms with Gasteiger partial charge in [0.05, 0.1) is 10.7 Å². The van der Waals surface area contributed by atoms with E-state index in [9.17, 15) is 4.79 Å². The Hall–Kier alpha value is -1.71. The van der Waals surface area contributed by atoms with Crippen molar-refractivity contribution in [1.29, 1.82) is 0 Å². The van der Waals surface area contributed by atoms with Gasteiger partial charge in [-0.2, -0.15) is 0 Å². The van der Waals surface area contributed by atoms with Crippen LogP contribution in [0.4, 0.5) is 16.2 Å². The number of nitrogens with one attached hydrogen (secondary N) is 2. The van der Waals surface area contributed by atoms with Gasteiger partial charge in [0.15, 0.2) is 0 Å². The van der Waals surface area contributed by atoms with Crippen LogP contribution in [0.5, 0.6) is 0 Å². The quantitative estimate of drug-likeness (QED) is 0.781. The first-order valence-corrected chi connectivity index (χ1v) is 6.81.